The van der Waals surface area contributed by atoms with E-state index in [0.29, 0.717) is 24.3 Å². The number of carbonyl (C=O) groups is 1. The van der Waals surface area contributed by atoms with E-state index in [9.17, 15) is 4.79 Å². The quantitative estimate of drug-likeness (QED) is 0.823. The summed E-state index contributed by atoms with van der Waals surface area (Å²) < 4.78 is 5.11. The molecule has 0 fully saturated rings. The van der Waals surface area contributed by atoms with Gasteiger partial charge in [0.2, 0.25) is 0 Å². The standard InChI is InChI=1S/C17H20N2O3/c1-22-14-9-10-18-16(12-14)17(21)19-15(8-5-11-20)13-6-3-2-4-7-13/h2-4,6-7,9-10,12,15,20H,5,8,11H2,1H3,(H,19,21). The van der Waals surface area contributed by atoms with Gasteiger partial charge in [-0.1, -0.05) is 30.3 Å². The number of benzene rings is 1. The van der Waals surface area contributed by atoms with Gasteiger partial charge in [0, 0.05) is 18.9 Å². The zero-order valence-electron chi connectivity index (χ0n) is 12.5. The van der Waals surface area contributed by atoms with Gasteiger partial charge in [-0.3, -0.25) is 9.78 Å². The molecule has 2 rings (SSSR count). The van der Waals surface area contributed by atoms with Crippen LogP contribution in [0.3, 0.4) is 0 Å². The molecule has 0 radical (unpaired) electrons. The number of nitrogens with zero attached hydrogens (tertiary/aromatic N) is 1. The molecule has 2 aromatic rings. The molecule has 0 aliphatic heterocycles. The third-order valence-electron chi connectivity index (χ3n) is 3.36. The van der Waals surface area contributed by atoms with Crippen LogP contribution in [0.5, 0.6) is 5.75 Å². The second-order valence-corrected chi connectivity index (χ2v) is 4.88. The summed E-state index contributed by atoms with van der Waals surface area (Å²) in [5, 5.41) is 12.0. The van der Waals surface area contributed by atoms with Gasteiger partial charge in [0.05, 0.1) is 13.2 Å². The van der Waals surface area contributed by atoms with E-state index in [1.807, 2.05) is 30.3 Å². The Bertz CT molecular complexity index is 602. The summed E-state index contributed by atoms with van der Waals surface area (Å²) >= 11 is 0. The molecule has 1 aromatic heterocycles. The number of aliphatic hydroxyl groups excluding tert-OH is 1. The molecule has 22 heavy (non-hydrogen) atoms. The normalized spacial score (nSPS) is 11.7. The topological polar surface area (TPSA) is 71.5 Å². The highest BCUT2D eigenvalue weighted by atomic mass is 16.5. The summed E-state index contributed by atoms with van der Waals surface area (Å²) in [5.74, 6) is 0.331. The lowest BCUT2D eigenvalue weighted by Gasteiger charge is -2.18. The van der Waals surface area contributed by atoms with Crippen LogP contribution < -0.4 is 10.1 Å². The van der Waals surface area contributed by atoms with E-state index in [-0.39, 0.29) is 18.6 Å². The molecule has 0 saturated carbocycles. The number of ether oxygens (including phenoxy) is 1. The zero-order valence-corrected chi connectivity index (χ0v) is 12.5. The Morgan fingerprint density at radius 3 is 2.77 bits per heavy atom. The van der Waals surface area contributed by atoms with Gasteiger partial charge >= 0.3 is 0 Å². The number of hydrogen-bond donors (Lipinski definition) is 2. The molecule has 0 aliphatic rings. The molecule has 1 unspecified atom stereocenters. The predicted octanol–water partition coefficient (Wildman–Crippen LogP) is 2.33. The highest BCUT2D eigenvalue weighted by molar-refractivity contribution is 5.92. The Morgan fingerprint density at radius 2 is 2.09 bits per heavy atom. The van der Waals surface area contributed by atoms with Crippen LogP contribution in [0.25, 0.3) is 0 Å². The van der Waals surface area contributed by atoms with Crippen molar-refractivity contribution in [3.8, 4) is 5.75 Å². The first-order valence-corrected chi connectivity index (χ1v) is 7.21. The Balaban J connectivity index is 2.13. The molecule has 0 aliphatic carbocycles. The summed E-state index contributed by atoms with van der Waals surface area (Å²) in [4.78, 5) is 16.4. The van der Waals surface area contributed by atoms with E-state index >= 15 is 0 Å². The molecule has 0 bridgehead atoms. The number of aromatic nitrogens is 1. The first-order valence-electron chi connectivity index (χ1n) is 7.21. The Labute approximate surface area is 130 Å². The summed E-state index contributed by atoms with van der Waals surface area (Å²) in [7, 11) is 1.55. The Hall–Kier alpha value is -2.40. The monoisotopic (exact) mass is 300 g/mol. The summed E-state index contributed by atoms with van der Waals surface area (Å²) in [6.45, 7) is 0.0939. The molecule has 5 nitrogen and oxygen atoms in total. The van der Waals surface area contributed by atoms with Crippen molar-refractivity contribution >= 4 is 5.91 Å². The van der Waals surface area contributed by atoms with Crippen molar-refractivity contribution in [2.24, 2.45) is 0 Å². The van der Waals surface area contributed by atoms with Crippen LogP contribution in [-0.4, -0.2) is 29.7 Å². The SMILES string of the molecule is COc1ccnc(C(=O)NC(CCCO)c2ccccc2)c1. The van der Waals surface area contributed by atoms with Crippen LogP contribution in [0.1, 0.15) is 34.9 Å². The van der Waals surface area contributed by atoms with Crippen molar-refractivity contribution in [3.63, 3.8) is 0 Å². The molecule has 116 valence electrons. The Kier molecular flexibility index (Phi) is 5.91. The number of nitrogens with one attached hydrogen (secondary N) is 1. The number of carbonyl (C=O) groups excluding carboxylic acids is 1. The maximum atomic E-state index is 12.4. The molecule has 1 aromatic carbocycles. The van der Waals surface area contributed by atoms with E-state index in [1.54, 1.807) is 25.4 Å². The van der Waals surface area contributed by atoms with Crippen LogP contribution in [-0.2, 0) is 0 Å². The van der Waals surface area contributed by atoms with Gasteiger partial charge in [-0.05, 0) is 24.5 Å². The molecule has 0 spiro atoms. The lowest BCUT2D eigenvalue weighted by Crippen LogP contribution is -2.29. The number of aliphatic hydroxyl groups is 1. The van der Waals surface area contributed by atoms with Crippen molar-refractivity contribution in [1.29, 1.82) is 0 Å². The van der Waals surface area contributed by atoms with E-state index in [2.05, 4.69) is 10.3 Å². The van der Waals surface area contributed by atoms with Gasteiger partial charge in [-0.25, -0.2) is 0 Å². The van der Waals surface area contributed by atoms with Crippen molar-refractivity contribution in [3.05, 3.63) is 59.9 Å². The summed E-state index contributed by atoms with van der Waals surface area (Å²) in [6, 6.07) is 12.8. The number of hydrogen-bond acceptors (Lipinski definition) is 4. The fourth-order valence-corrected chi connectivity index (χ4v) is 2.20. The Morgan fingerprint density at radius 1 is 1.32 bits per heavy atom. The van der Waals surface area contributed by atoms with Crippen molar-refractivity contribution in [1.82, 2.24) is 10.3 Å². The van der Waals surface area contributed by atoms with Gasteiger partial charge in [-0.2, -0.15) is 0 Å². The van der Waals surface area contributed by atoms with Gasteiger partial charge in [-0.15, -0.1) is 0 Å². The second kappa shape index (κ2) is 8.14. The van der Waals surface area contributed by atoms with E-state index < -0.39 is 0 Å². The van der Waals surface area contributed by atoms with E-state index in [0.717, 1.165) is 5.56 Å². The smallest absolute Gasteiger partial charge is 0.270 e. The molecule has 5 heteroatoms. The molecule has 1 heterocycles. The fraction of sp³-hybridized carbons (Fsp3) is 0.294. The van der Waals surface area contributed by atoms with Gasteiger partial charge < -0.3 is 15.2 Å². The van der Waals surface area contributed by atoms with E-state index in [1.165, 1.54) is 0 Å². The van der Waals surface area contributed by atoms with Crippen LogP contribution in [0, 0.1) is 0 Å². The highest BCUT2D eigenvalue weighted by Gasteiger charge is 2.16. The van der Waals surface area contributed by atoms with Gasteiger partial charge in [0.1, 0.15) is 11.4 Å². The van der Waals surface area contributed by atoms with Gasteiger partial charge in [0.25, 0.3) is 5.91 Å². The number of methoxy groups -OCH3 is 1. The minimum absolute atomic E-state index is 0.0939. The van der Waals surface area contributed by atoms with Crippen molar-refractivity contribution < 1.29 is 14.6 Å². The maximum absolute atomic E-state index is 12.4. The fourth-order valence-electron chi connectivity index (χ4n) is 2.20. The maximum Gasteiger partial charge on any atom is 0.270 e. The third kappa shape index (κ3) is 4.30. The first kappa shape index (κ1) is 16.0. The zero-order chi connectivity index (χ0) is 15.8. The number of rotatable bonds is 7. The highest BCUT2D eigenvalue weighted by Crippen LogP contribution is 2.19. The van der Waals surface area contributed by atoms with Crippen LogP contribution in [0.15, 0.2) is 48.7 Å². The summed E-state index contributed by atoms with van der Waals surface area (Å²) in [6.07, 6.45) is 2.82. The van der Waals surface area contributed by atoms with Crippen LogP contribution in [0.4, 0.5) is 0 Å². The minimum Gasteiger partial charge on any atom is -0.497 e. The number of pyridine rings is 1. The lowest BCUT2D eigenvalue weighted by molar-refractivity contribution is 0.0927. The lowest BCUT2D eigenvalue weighted by atomic mass is 10.0. The van der Waals surface area contributed by atoms with Crippen molar-refractivity contribution in [2.75, 3.05) is 13.7 Å². The molecular formula is C17H20N2O3. The molecular weight excluding hydrogens is 280 g/mol. The third-order valence-corrected chi connectivity index (χ3v) is 3.36. The minimum atomic E-state index is -0.259. The average Bonchev–Trinajstić information content (AvgIpc) is 2.59. The van der Waals surface area contributed by atoms with Crippen LogP contribution >= 0.6 is 0 Å². The van der Waals surface area contributed by atoms with Crippen molar-refractivity contribution in [2.45, 2.75) is 18.9 Å². The first-order chi connectivity index (χ1) is 10.7. The van der Waals surface area contributed by atoms with Crippen LogP contribution in [0.2, 0.25) is 0 Å². The van der Waals surface area contributed by atoms with Gasteiger partial charge in [0.15, 0.2) is 0 Å². The average molecular weight is 300 g/mol. The molecule has 1 atom stereocenters. The van der Waals surface area contributed by atoms with E-state index in [4.69, 9.17) is 9.84 Å². The number of amides is 1. The molecule has 0 saturated heterocycles. The largest absolute Gasteiger partial charge is 0.497 e. The second-order valence-electron chi connectivity index (χ2n) is 4.88. The summed E-state index contributed by atoms with van der Waals surface area (Å²) in [5.41, 5.74) is 1.32. The predicted molar refractivity (Wildman–Crippen MR) is 83.8 cm³/mol. The molecule has 2 N–H and O–H groups in total. The molecule has 1 amide bonds.